The fourth-order valence-corrected chi connectivity index (χ4v) is 2.42. The third-order valence-electron chi connectivity index (χ3n) is 3.36. The molecule has 2 rings (SSSR count). The summed E-state index contributed by atoms with van der Waals surface area (Å²) in [5, 5.41) is 7.47. The van der Waals surface area contributed by atoms with Gasteiger partial charge in [0, 0.05) is 37.2 Å². The van der Waals surface area contributed by atoms with Gasteiger partial charge in [0.05, 0.1) is 6.61 Å². The van der Waals surface area contributed by atoms with E-state index in [4.69, 9.17) is 16.3 Å². The molecule has 1 saturated carbocycles. The summed E-state index contributed by atoms with van der Waals surface area (Å²) in [7, 11) is 1.78. The number of benzene rings is 1. The lowest BCUT2D eigenvalue weighted by atomic mass is 10.1. The average Bonchev–Trinajstić information content (AvgIpc) is 3.21. The lowest BCUT2D eigenvalue weighted by Gasteiger charge is -2.11. The molecule has 0 aromatic heterocycles. The van der Waals surface area contributed by atoms with Crippen molar-refractivity contribution in [1.29, 1.82) is 0 Å². The van der Waals surface area contributed by atoms with Crippen LogP contribution in [-0.2, 0) is 4.74 Å². The molecule has 0 bridgehead atoms. The second kappa shape index (κ2) is 7.50. The van der Waals surface area contributed by atoms with E-state index in [1.807, 2.05) is 25.1 Å². The second-order valence-corrected chi connectivity index (χ2v) is 5.28. The number of ether oxygens (including phenoxy) is 1. The molecule has 1 aliphatic rings. The number of hydrogen-bond donors (Lipinski definition) is 2. The summed E-state index contributed by atoms with van der Waals surface area (Å²) < 4.78 is 5.29. The Morgan fingerprint density at radius 3 is 3.05 bits per heavy atom. The van der Waals surface area contributed by atoms with Crippen molar-refractivity contribution in [3.05, 3.63) is 34.9 Å². The van der Waals surface area contributed by atoms with Gasteiger partial charge in [0.2, 0.25) is 0 Å². The van der Waals surface area contributed by atoms with Gasteiger partial charge in [-0.15, -0.1) is 0 Å². The third-order valence-corrected chi connectivity index (χ3v) is 3.59. The summed E-state index contributed by atoms with van der Waals surface area (Å²) in [6, 6.07) is 8.52. The Morgan fingerprint density at radius 2 is 2.35 bits per heavy atom. The number of aliphatic imine (C=N–C) groups is 1. The van der Waals surface area contributed by atoms with Gasteiger partial charge in [-0.3, -0.25) is 4.99 Å². The average molecular weight is 296 g/mol. The van der Waals surface area contributed by atoms with E-state index in [0.29, 0.717) is 18.6 Å². The maximum absolute atomic E-state index is 6.03. The van der Waals surface area contributed by atoms with E-state index in [1.54, 1.807) is 7.05 Å². The SMILES string of the molecule is CCOCCNC(=NC)NC1CC1c1cccc(Cl)c1. The molecule has 1 aliphatic carbocycles. The molecule has 2 unspecified atom stereocenters. The minimum absolute atomic E-state index is 0.437. The van der Waals surface area contributed by atoms with Gasteiger partial charge in [-0.2, -0.15) is 0 Å². The molecule has 2 N–H and O–H groups in total. The molecule has 0 spiro atoms. The molecule has 1 aromatic carbocycles. The van der Waals surface area contributed by atoms with Gasteiger partial charge in [0.25, 0.3) is 0 Å². The van der Waals surface area contributed by atoms with E-state index in [2.05, 4.69) is 21.7 Å². The highest BCUT2D eigenvalue weighted by atomic mass is 35.5. The van der Waals surface area contributed by atoms with Crippen LogP contribution in [0.25, 0.3) is 0 Å². The van der Waals surface area contributed by atoms with E-state index in [9.17, 15) is 0 Å². The van der Waals surface area contributed by atoms with Crippen LogP contribution in [0.5, 0.6) is 0 Å². The van der Waals surface area contributed by atoms with Crippen LogP contribution >= 0.6 is 11.6 Å². The number of nitrogens with zero attached hydrogens (tertiary/aromatic N) is 1. The van der Waals surface area contributed by atoms with Crippen LogP contribution in [0.15, 0.2) is 29.3 Å². The Labute approximate surface area is 125 Å². The summed E-state index contributed by atoms with van der Waals surface area (Å²) in [6.07, 6.45) is 1.12. The molecule has 1 fully saturated rings. The Balaban J connectivity index is 1.77. The van der Waals surface area contributed by atoms with Gasteiger partial charge in [0.1, 0.15) is 0 Å². The van der Waals surface area contributed by atoms with Crippen LogP contribution in [0, 0.1) is 0 Å². The number of rotatable bonds is 6. The Bertz CT molecular complexity index is 464. The van der Waals surface area contributed by atoms with E-state index < -0.39 is 0 Å². The van der Waals surface area contributed by atoms with Crippen molar-refractivity contribution in [3.63, 3.8) is 0 Å². The molecular formula is C15H22ClN3O. The zero-order chi connectivity index (χ0) is 14.4. The summed E-state index contributed by atoms with van der Waals surface area (Å²) in [4.78, 5) is 4.22. The van der Waals surface area contributed by atoms with Crippen LogP contribution in [-0.4, -0.2) is 38.8 Å². The van der Waals surface area contributed by atoms with Crippen molar-refractivity contribution < 1.29 is 4.74 Å². The Kier molecular flexibility index (Phi) is 5.68. The van der Waals surface area contributed by atoms with Gasteiger partial charge in [-0.25, -0.2) is 0 Å². The van der Waals surface area contributed by atoms with Crippen LogP contribution in [0.2, 0.25) is 5.02 Å². The van der Waals surface area contributed by atoms with E-state index >= 15 is 0 Å². The summed E-state index contributed by atoms with van der Waals surface area (Å²) in [5.74, 6) is 1.36. The lowest BCUT2D eigenvalue weighted by Crippen LogP contribution is -2.40. The van der Waals surface area contributed by atoms with Crippen molar-refractivity contribution >= 4 is 17.6 Å². The topological polar surface area (TPSA) is 45.6 Å². The van der Waals surface area contributed by atoms with Crippen LogP contribution in [0.1, 0.15) is 24.8 Å². The maximum atomic E-state index is 6.03. The molecule has 0 saturated heterocycles. The Morgan fingerprint density at radius 1 is 1.50 bits per heavy atom. The number of hydrogen-bond acceptors (Lipinski definition) is 2. The molecule has 0 heterocycles. The summed E-state index contributed by atoms with van der Waals surface area (Å²) in [5.41, 5.74) is 1.29. The van der Waals surface area contributed by atoms with E-state index in [1.165, 1.54) is 5.56 Å². The minimum atomic E-state index is 0.437. The molecule has 2 atom stereocenters. The molecular weight excluding hydrogens is 274 g/mol. The molecule has 1 aromatic rings. The monoisotopic (exact) mass is 295 g/mol. The quantitative estimate of drug-likeness (QED) is 0.481. The zero-order valence-electron chi connectivity index (χ0n) is 12.0. The van der Waals surface area contributed by atoms with Crippen LogP contribution in [0.4, 0.5) is 0 Å². The molecule has 110 valence electrons. The van der Waals surface area contributed by atoms with Crippen molar-refractivity contribution in [2.75, 3.05) is 26.8 Å². The van der Waals surface area contributed by atoms with E-state index in [-0.39, 0.29) is 0 Å². The highest BCUT2D eigenvalue weighted by Gasteiger charge is 2.39. The van der Waals surface area contributed by atoms with Crippen molar-refractivity contribution in [1.82, 2.24) is 10.6 Å². The first-order valence-corrected chi connectivity index (χ1v) is 7.42. The molecule has 0 radical (unpaired) electrons. The van der Waals surface area contributed by atoms with Crippen molar-refractivity contribution in [2.24, 2.45) is 4.99 Å². The van der Waals surface area contributed by atoms with Crippen LogP contribution in [0.3, 0.4) is 0 Å². The van der Waals surface area contributed by atoms with E-state index in [0.717, 1.165) is 30.6 Å². The molecule has 20 heavy (non-hydrogen) atoms. The Hall–Kier alpha value is -1.26. The fraction of sp³-hybridized carbons (Fsp3) is 0.533. The first-order valence-electron chi connectivity index (χ1n) is 7.05. The predicted molar refractivity (Wildman–Crippen MR) is 83.6 cm³/mol. The maximum Gasteiger partial charge on any atom is 0.191 e. The molecule has 5 heteroatoms. The normalized spacial score (nSPS) is 21.6. The van der Waals surface area contributed by atoms with Gasteiger partial charge in [0.15, 0.2) is 5.96 Å². The molecule has 4 nitrogen and oxygen atoms in total. The second-order valence-electron chi connectivity index (χ2n) is 4.84. The number of nitrogens with one attached hydrogen (secondary N) is 2. The summed E-state index contributed by atoms with van der Waals surface area (Å²) in [6.45, 7) is 4.20. The predicted octanol–water partition coefficient (Wildman–Crippen LogP) is 2.40. The first-order chi connectivity index (χ1) is 9.74. The van der Waals surface area contributed by atoms with Crippen molar-refractivity contribution in [3.8, 4) is 0 Å². The highest BCUT2D eigenvalue weighted by Crippen LogP contribution is 2.41. The third kappa shape index (κ3) is 4.39. The standard InChI is InChI=1S/C15H22ClN3O/c1-3-20-8-7-18-15(17-2)19-14-10-13(14)11-5-4-6-12(16)9-11/h4-6,9,13-14H,3,7-8,10H2,1-2H3,(H2,17,18,19). The van der Waals surface area contributed by atoms with Gasteiger partial charge in [-0.05, 0) is 31.0 Å². The molecule has 0 amide bonds. The largest absolute Gasteiger partial charge is 0.380 e. The number of guanidine groups is 1. The first kappa shape index (κ1) is 15.1. The van der Waals surface area contributed by atoms with Gasteiger partial charge >= 0.3 is 0 Å². The lowest BCUT2D eigenvalue weighted by molar-refractivity contribution is 0.152. The fourth-order valence-electron chi connectivity index (χ4n) is 2.22. The smallest absolute Gasteiger partial charge is 0.191 e. The molecule has 0 aliphatic heterocycles. The highest BCUT2D eigenvalue weighted by molar-refractivity contribution is 6.30. The van der Waals surface area contributed by atoms with Crippen LogP contribution < -0.4 is 10.6 Å². The van der Waals surface area contributed by atoms with Gasteiger partial charge in [-0.1, -0.05) is 23.7 Å². The zero-order valence-corrected chi connectivity index (χ0v) is 12.8. The summed E-state index contributed by atoms with van der Waals surface area (Å²) >= 11 is 6.03. The minimum Gasteiger partial charge on any atom is -0.380 e. The van der Waals surface area contributed by atoms with Crippen molar-refractivity contribution in [2.45, 2.75) is 25.3 Å². The van der Waals surface area contributed by atoms with Gasteiger partial charge < -0.3 is 15.4 Å². The number of halogens is 1.